The van der Waals surface area contributed by atoms with Crippen LogP contribution >= 0.6 is 0 Å². The van der Waals surface area contributed by atoms with Gasteiger partial charge in [0.15, 0.2) is 11.9 Å². The SMILES string of the molecule is N#C[C@@]1(n2ccc(N)nc2=O)O[C@H](COC(=O)[C@H](N)CO)C(O)=C1O. The molecule has 0 saturated heterocycles. The van der Waals surface area contributed by atoms with Gasteiger partial charge in [-0.3, -0.25) is 9.36 Å². The highest BCUT2D eigenvalue weighted by atomic mass is 16.6. The first kappa shape index (κ1) is 18.2. The Labute approximate surface area is 140 Å². The zero-order valence-electron chi connectivity index (χ0n) is 12.7. The second kappa shape index (κ2) is 6.77. The number of aliphatic hydroxyl groups is 3. The minimum absolute atomic E-state index is 0.122. The molecule has 0 amide bonds. The molecule has 0 bridgehead atoms. The van der Waals surface area contributed by atoms with Crippen molar-refractivity contribution in [1.82, 2.24) is 9.55 Å². The van der Waals surface area contributed by atoms with Crippen LogP contribution in [-0.2, 0) is 20.0 Å². The van der Waals surface area contributed by atoms with Crippen LogP contribution in [0, 0.1) is 11.3 Å². The van der Waals surface area contributed by atoms with Crippen LogP contribution in [0.5, 0.6) is 0 Å². The lowest BCUT2D eigenvalue weighted by molar-refractivity contribution is -0.153. The van der Waals surface area contributed by atoms with Crippen molar-refractivity contribution in [1.29, 1.82) is 5.26 Å². The van der Waals surface area contributed by atoms with Gasteiger partial charge >= 0.3 is 17.4 Å². The molecule has 1 aromatic heterocycles. The van der Waals surface area contributed by atoms with Gasteiger partial charge in [0, 0.05) is 6.20 Å². The fourth-order valence-corrected chi connectivity index (χ4v) is 2.06. The molecule has 0 saturated carbocycles. The van der Waals surface area contributed by atoms with Crippen molar-refractivity contribution >= 4 is 11.8 Å². The second-order valence-electron chi connectivity index (χ2n) is 5.02. The number of nitrogen functional groups attached to an aromatic ring is 1. The molecule has 0 aliphatic carbocycles. The fraction of sp³-hybridized carbons (Fsp3) is 0.385. The molecule has 12 heteroatoms. The van der Waals surface area contributed by atoms with Gasteiger partial charge in [-0.15, -0.1) is 0 Å². The Balaban J connectivity index is 2.30. The molecular weight excluding hydrogens is 338 g/mol. The van der Waals surface area contributed by atoms with E-state index in [1.165, 1.54) is 6.07 Å². The lowest BCUT2D eigenvalue weighted by atomic mass is 10.2. The summed E-state index contributed by atoms with van der Waals surface area (Å²) in [4.78, 5) is 26.8. The third-order valence-electron chi connectivity index (χ3n) is 3.37. The largest absolute Gasteiger partial charge is 0.506 e. The van der Waals surface area contributed by atoms with Crippen molar-refractivity contribution < 1.29 is 29.6 Å². The lowest BCUT2D eigenvalue weighted by Crippen LogP contribution is -2.44. The molecule has 0 unspecified atom stereocenters. The highest BCUT2D eigenvalue weighted by Crippen LogP contribution is 2.36. The predicted molar refractivity (Wildman–Crippen MR) is 79.7 cm³/mol. The summed E-state index contributed by atoms with van der Waals surface area (Å²) in [5.74, 6) is -2.88. The minimum atomic E-state index is -2.40. The normalized spacial score (nSPS) is 24.0. The first-order valence-corrected chi connectivity index (χ1v) is 6.87. The Morgan fingerprint density at radius 1 is 1.60 bits per heavy atom. The quantitative estimate of drug-likeness (QED) is 0.352. The number of aliphatic hydroxyl groups excluding tert-OH is 3. The summed E-state index contributed by atoms with van der Waals surface area (Å²) in [5.41, 5.74) is 7.20. The molecule has 134 valence electrons. The van der Waals surface area contributed by atoms with Crippen LogP contribution in [0.2, 0.25) is 0 Å². The number of esters is 1. The number of hydrogen-bond acceptors (Lipinski definition) is 11. The number of nitrogens with zero attached hydrogens (tertiary/aromatic N) is 3. The van der Waals surface area contributed by atoms with Crippen LogP contribution in [0.4, 0.5) is 5.82 Å². The maximum absolute atomic E-state index is 11.9. The van der Waals surface area contributed by atoms with Gasteiger partial charge in [0.1, 0.15) is 24.5 Å². The van der Waals surface area contributed by atoms with E-state index >= 15 is 0 Å². The first-order chi connectivity index (χ1) is 11.8. The highest BCUT2D eigenvalue weighted by molar-refractivity contribution is 5.75. The zero-order chi connectivity index (χ0) is 18.8. The molecule has 12 nitrogen and oxygen atoms in total. The molecule has 25 heavy (non-hydrogen) atoms. The van der Waals surface area contributed by atoms with Crippen molar-refractivity contribution in [3.63, 3.8) is 0 Å². The summed E-state index contributed by atoms with van der Waals surface area (Å²) in [6, 6.07) is 1.45. The van der Waals surface area contributed by atoms with Crippen molar-refractivity contribution in [3.05, 3.63) is 34.3 Å². The van der Waals surface area contributed by atoms with Crippen LogP contribution in [-0.4, -0.2) is 56.2 Å². The fourth-order valence-electron chi connectivity index (χ4n) is 2.06. The van der Waals surface area contributed by atoms with Crippen molar-refractivity contribution in [2.45, 2.75) is 17.9 Å². The molecule has 0 spiro atoms. The van der Waals surface area contributed by atoms with E-state index in [-0.39, 0.29) is 5.82 Å². The van der Waals surface area contributed by atoms with Crippen LogP contribution in [0.15, 0.2) is 28.6 Å². The van der Waals surface area contributed by atoms with E-state index in [9.17, 15) is 25.1 Å². The maximum Gasteiger partial charge on any atom is 0.353 e. The molecule has 1 aromatic rings. The van der Waals surface area contributed by atoms with E-state index in [0.29, 0.717) is 4.57 Å². The summed E-state index contributed by atoms with van der Waals surface area (Å²) >= 11 is 0. The Kier molecular flexibility index (Phi) is 4.93. The Morgan fingerprint density at radius 3 is 2.84 bits per heavy atom. The third-order valence-corrected chi connectivity index (χ3v) is 3.37. The van der Waals surface area contributed by atoms with Gasteiger partial charge in [-0.1, -0.05) is 0 Å². The highest BCUT2D eigenvalue weighted by Gasteiger charge is 2.52. The number of rotatable bonds is 5. The second-order valence-corrected chi connectivity index (χ2v) is 5.02. The molecule has 0 aromatic carbocycles. The molecule has 3 atom stereocenters. The van der Waals surface area contributed by atoms with Crippen molar-refractivity contribution in [2.24, 2.45) is 5.73 Å². The number of nitrogens with two attached hydrogens (primary N) is 2. The van der Waals surface area contributed by atoms with Gasteiger partial charge in [-0.2, -0.15) is 10.2 Å². The standard InChI is InChI=1S/C13H15N5O7/c14-5-13(18-2-1-8(16)17-12(18)23)10(21)9(20)7(25-13)4-24-11(22)6(15)3-19/h1-2,6-7,19-21H,3-4,15H2,(H2,16,17,23)/t6-,7-,13-/m1/s1. The predicted octanol–water partition coefficient (Wildman–Crippen LogP) is -2.41. The monoisotopic (exact) mass is 353 g/mol. The van der Waals surface area contributed by atoms with E-state index < -0.39 is 54.3 Å². The van der Waals surface area contributed by atoms with E-state index in [4.69, 9.17) is 26.0 Å². The van der Waals surface area contributed by atoms with Crippen LogP contribution in [0.25, 0.3) is 0 Å². The van der Waals surface area contributed by atoms with Crippen LogP contribution < -0.4 is 17.2 Å². The van der Waals surface area contributed by atoms with Gasteiger partial charge in [0.2, 0.25) is 5.76 Å². The van der Waals surface area contributed by atoms with Gasteiger partial charge in [-0.25, -0.2) is 4.79 Å². The van der Waals surface area contributed by atoms with Gasteiger partial charge in [0.25, 0.3) is 0 Å². The Morgan fingerprint density at radius 2 is 2.28 bits per heavy atom. The van der Waals surface area contributed by atoms with Crippen LogP contribution in [0.1, 0.15) is 0 Å². The summed E-state index contributed by atoms with van der Waals surface area (Å²) in [5, 5.41) is 38.2. The number of hydrogen-bond donors (Lipinski definition) is 5. The third kappa shape index (κ3) is 3.11. The molecular formula is C13H15N5O7. The Bertz CT molecular complexity index is 814. The van der Waals surface area contributed by atoms with Gasteiger partial charge in [0.05, 0.1) is 6.61 Å². The minimum Gasteiger partial charge on any atom is -0.506 e. The smallest absolute Gasteiger partial charge is 0.353 e. The first-order valence-electron chi connectivity index (χ1n) is 6.87. The van der Waals surface area contributed by atoms with E-state index in [0.717, 1.165) is 6.20 Å². The van der Waals surface area contributed by atoms with Crippen molar-refractivity contribution in [3.8, 4) is 6.07 Å². The van der Waals surface area contributed by atoms with Gasteiger partial charge in [-0.05, 0) is 6.07 Å². The number of aromatic nitrogens is 2. The molecule has 0 radical (unpaired) electrons. The molecule has 2 rings (SSSR count). The molecule has 1 aliphatic rings. The maximum atomic E-state index is 11.9. The number of carbonyl (C=O) groups excluding carboxylic acids is 1. The Hall–Kier alpha value is -3.14. The lowest BCUT2D eigenvalue weighted by Gasteiger charge is -2.24. The average Bonchev–Trinajstić information content (AvgIpc) is 2.84. The van der Waals surface area contributed by atoms with E-state index in [1.807, 2.05) is 0 Å². The number of carbonyl (C=O) groups is 1. The van der Waals surface area contributed by atoms with Crippen molar-refractivity contribution in [2.75, 3.05) is 18.9 Å². The summed E-state index contributed by atoms with van der Waals surface area (Å²) in [6.07, 6.45) is -0.396. The summed E-state index contributed by atoms with van der Waals surface area (Å²) in [6.45, 7) is -1.28. The van der Waals surface area contributed by atoms with Crippen LogP contribution in [0.3, 0.4) is 0 Å². The zero-order valence-corrected chi connectivity index (χ0v) is 12.7. The van der Waals surface area contributed by atoms with E-state index in [1.54, 1.807) is 6.07 Å². The molecule has 1 aliphatic heterocycles. The van der Waals surface area contributed by atoms with E-state index in [2.05, 4.69) is 4.98 Å². The number of ether oxygens (including phenoxy) is 2. The number of anilines is 1. The number of nitriles is 1. The molecule has 0 fully saturated rings. The summed E-state index contributed by atoms with van der Waals surface area (Å²) in [7, 11) is 0. The molecule has 7 N–H and O–H groups in total. The summed E-state index contributed by atoms with van der Waals surface area (Å²) < 4.78 is 10.6. The average molecular weight is 353 g/mol. The van der Waals surface area contributed by atoms with Gasteiger partial charge < -0.3 is 36.3 Å². The topological polar surface area (TPSA) is 207 Å². The molecule has 2 heterocycles.